The molecule has 3 aromatic rings. The highest BCUT2D eigenvalue weighted by Crippen LogP contribution is 2.23. The lowest BCUT2D eigenvalue weighted by molar-refractivity contribution is 0.0946. The molecular weight excluding hydrogens is 413 g/mol. The Balaban J connectivity index is 0.00000256. The van der Waals surface area contributed by atoms with Crippen molar-refractivity contribution in [3.63, 3.8) is 0 Å². The monoisotopic (exact) mass is 433 g/mol. The molecule has 0 aliphatic carbocycles. The summed E-state index contributed by atoms with van der Waals surface area (Å²) in [5, 5.41) is 10.1. The van der Waals surface area contributed by atoms with Crippen molar-refractivity contribution in [1.82, 2.24) is 35.6 Å². The Bertz CT molecular complexity index is 999. The highest BCUT2D eigenvalue weighted by atomic mass is 35.5. The normalized spacial score (nSPS) is 16.7. The molecule has 158 valence electrons. The Morgan fingerprint density at radius 3 is 2.83 bits per heavy atom. The molecule has 0 spiro atoms. The number of rotatable bonds is 5. The van der Waals surface area contributed by atoms with Crippen molar-refractivity contribution in [2.75, 3.05) is 26.7 Å². The average molecular weight is 434 g/mol. The summed E-state index contributed by atoms with van der Waals surface area (Å²) in [5.41, 5.74) is 1.06. The summed E-state index contributed by atoms with van der Waals surface area (Å²) in [4.78, 5) is 27.6. The van der Waals surface area contributed by atoms with Crippen LogP contribution in [0.15, 0.2) is 41.2 Å². The molecule has 4 rings (SSSR count). The molecule has 1 unspecified atom stereocenters. The molecule has 9 nitrogen and oxygen atoms in total. The summed E-state index contributed by atoms with van der Waals surface area (Å²) in [6, 6.07) is 5.87. The number of carbonyl (C=O) groups excluding carboxylic acids is 1. The molecule has 1 saturated heterocycles. The third-order valence-corrected chi connectivity index (χ3v) is 4.73. The number of aromatic nitrogens is 4. The maximum atomic E-state index is 13.0. The zero-order chi connectivity index (χ0) is 20.2. The molecule has 30 heavy (non-hydrogen) atoms. The largest absolute Gasteiger partial charge is 0.347 e. The molecule has 1 fully saturated rings. The van der Waals surface area contributed by atoms with Gasteiger partial charge in [-0.15, -0.1) is 12.4 Å². The SMILES string of the molecule is CN1CCNCC1c1noc(-c2nccnc2C(=O)NCc2ccc(F)cc2)n1.Cl. The van der Waals surface area contributed by atoms with Crippen molar-refractivity contribution in [2.24, 2.45) is 0 Å². The summed E-state index contributed by atoms with van der Waals surface area (Å²) in [5.74, 6) is -0.104. The molecule has 1 amide bonds. The van der Waals surface area contributed by atoms with Gasteiger partial charge in [0.25, 0.3) is 11.8 Å². The first-order valence-corrected chi connectivity index (χ1v) is 9.20. The summed E-state index contributed by atoms with van der Waals surface area (Å²) in [6.45, 7) is 2.71. The fourth-order valence-corrected chi connectivity index (χ4v) is 3.09. The van der Waals surface area contributed by atoms with Gasteiger partial charge in [0, 0.05) is 38.6 Å². The molecule has 1 aromatic carbocycles. The Morgan fingerprint density at radius 1 is 1.30 bits per heavy atom. The maximum absolute atomic E-state index is 13.0. The van der Waals surface area contributed by atoms with E-state index in [4.69, 9.17) is 4.52 Å². The van der Waals surface area contributed by atoms with Crippen LogP contribution >= 0.6 is 12.4 Å². The number of hydrogen-bond acceptors (Lipinski definition) is 8. The van der Waals surface area contributed by atoms with Crippen molar-refractivity contribution in [3.05, 3.63) is 59.6 Å². The van der Waals surface area contributed by atoms with Crippen LogP contribution in [0.3, 0.4) is 0 Å². The average Bonchev–Trinajstić information content (AvgIpc) is 3.23. The number of nitrogens with zero attached hydrogens (tertiary/aromatic N) is 5. The van der Waals surface area contributed by atoms with Crippen LogP contribution in [0.2, 0.25) is 0 Å². The third kappa shape index (κ3) is 4.78. The van der Waals surface area contributed by atoms with E-state index < -0.39 is 5.91 Å². The van der Waals surface area contributed by atoms with Gasteiger partial charge in [-0.2, -0.15) is 4.98 Å². The molecular formula is C19H21ClFN7O2. The minimum Gasteiger partial charge on any atom is -0.347 e. The van der Waals surface area contributed by atoms with Gasteiger partial charge in [0.2, 0.25) is 0 Å². The van der Waals surface area contributed by atoms with Crippen LogP contribution in [0.25, 0.3) is 11.6 Å². The van der Waals surface area contributed by atoms with Crippen LogP contribution in [0.5, 0.6) is 0 Å². The van der Waals surface area contributed by atoms with Crippen molar-refractivity contribution in [1.29, 1.82) is 0 Å². The molecule has 3 heterocycles. The predicted molar refractivity (Wildman–Crippen MR) is 108 cm³/mol. The minimum absolute atomic E-state index is 0. The van der Waals surface area contributed by atoms with Gasteiger partial charge in [-0.05, 0) is 24.7 Å². The predicted octanol–water partition coefficient (Wildman–Crippen LogP) is 1.59. The number of amides is 1. The van der Waals surface area contributed by atoms with E-state index in [1.165, 1.54) is 24.5 Å². The van der Waals surface area contributed by atoms with E-state index in [1.54, 1.807) is 12.1 Å². The zero-order valence-corrected chi connectivity index (χ0v) is 17.0. The van der Waals surface area contributed by atoms with Gasteiger partial charge >= 0.3 is 0 Å². The van der Waals surface area contributed by atoms with Gasteiger partial charge in [0.1, 0.15) is 5.82 Å². The second-order valence-corrected chi connectivity index (χ2v) is 6.72. The molecule has 1 aliphatic rings. The van der Waals surface area contributed by atoms with Gasteiger partial charge in [0.15, 0.2) is 17.2 Å². The summed E-state index contributed by atoms with van der Waals surface area (Å²) >= 11 is 0. The van der Waals surface area contributed by atoms with Gasteiger partial charge in [-0.25, -0.2) is 14.4 Å². The number of likely N-dealkylation sites (N-methyl/N-ethyl adjacent to an activating group) is 1. The number of nitrogens with one attached hydrogen (secondary N) is 2. The second kappa shape index (κ2) is 9.70. The van der Waals surface area contributed by atoms with E-state index in [0.29, 0.717) is 12.4 Å². The number of piperazine rings is 1. The van der Waals surface area contributed by atoms with Crippen molar-refractivity contribution >= 4 is 18.3 Å². The van der Waals surface area contributed by atoms with Crippen LogP contribution in [-0.4, -0.2) is 57.6 Å². The summed E-state index contributed by atoms with van der Waals surface area (Å²) in [7, 11) is 2.00. The quantitative estimate of drug-likeness (QED) is 0.624. The van der Waals surface area contributed by atoms with Crippen LogP contribution in [0.1, 0.15) is 27.9 Å². The zero-order valence-electron chi connectivity index (χ0n) is 16.2. The van der Waals surface area contributed by atoms with E-state index in [2.05, 4.69) is 35.6 Å². The van der Waals surface area contributed by atoms with Gasteiger partial charge in [-0.3, -0.25) is 9.69 Å². The van der Waals surface area contributed by atoms with Gasteiger partial charge < -0.3 is 15.2 Å². The highest BCUT2D eigenvalue weighted by Gasteiger charge is 2.27. The first kappa shape index (κ1) is 21.8. The van der Waals surface area contributed by atoms with E-state index >= 15 is 0 Å². The standard InChI is InChI=1S/C19H20FN7O2.ClH/c1-27-9-8-21-11-14(27)17-25-19(29-26-17)16-15(22-6-7-23-16)18(28)24-10-12-2-4-13(20)5-3-12;/h2-7,14,21H,8-11H2,1H3,(H,24,28);1H. The number of hydrogen-bond donors (Lipinski definition) is 2. The minimum atomic E-state index is -0.436. The Morgan fingerprint density at radius 2 is 2.07 bits per heavy atom. The van der Waals surface area contributed by atoms with E-state index in [0.717, 1.165) is 18.7 Å². The summed E-state index contributed by atoms with van der Waals surface area (Å²) in [6.07, 6.45) is 2.89. The number of benzene rings is 1. The van der Waals surface area contributed by atoms with Crippen LogP contribution in [0, 0.1) is 5.82 Å². The number of halogens is 2. The first-order chi connectivity index (χ1) is 14.1. The van der Waals surface area contributed by atoms with Gasteiger partial charge in [0.05, 0.1) is 6.04 Å². The summed E-state index contributed by atoms with van der Waals surface area (Å²) < 4.78 is 18.4. The van der Waals surface area contributed by atoms with Crippen LogP contribution < -0.4 is 10.6 Å². The molecule has 0 bridgehead atoms. The van der Waals surface area contributed by atoms with Gasteiger partial charge in [-0.1, -0.05) is 17.3 Å². The number of carbonyl (C=O) groups is 1. The third-order valence-electron chi connectivity index (χ3n) is 4.73. The van der Waals surface area contributed by atoms with E-state index in [9.17, 15) is 9.18 Å². The highest BCUT2D eigenvalue weighted by molar-refractivity contribution is 5.96. The Hall–Kier alpha value is -2.95. The topological polar surface area (TPSA) is 109 Å². The molecule has 2 N–H and O–H groups in total. The van der Waals surface area contributed by atoms with E-state index in [1.807, 2.05) is 7.05 Å². The molecule has 0 radical (unpaired) electrons. The smallest absolute Gasteiger partial charge is 0.279 e. The Kier molecular flexibility index (Phi) is 7.03. The molecule has 1 atom stereocenters. The molecule has 11 heteroatoms. The van der Waals surface area contributed by atoms with Crippen LogP contribution in [0.4, 0.5) is 4.39 Å². The molecule has 0 saturated carbocycles. The lowest BCUT2D eigenvalue weighted by Crippen LogP contribution is -2.44. The van der Waals surface area contributed by atoms with Crippen molar-refractivity contribution in [3.8, 4) is 11.6 Å². The fourth-order valence-electron chi connectivity index (χ4n) is 3.09. The first-order valence-electron chi connectivity index (χ1n) is 9.20. The lowest BCUT2D eigenvalue weighted by atomic mass is 10.2. The maximum Gasteiger partial charge on any atom is 0.279 e. The Labute approximate surface area is 178 Å². The van der Waals surface area contributed by atoms with Crippen molar-refractivity contribution < 1.29 is 13.7 Å². The van der Waals surface area contributed by atoms with E-state index in [-0.39, 0.29) is 48.1 Å². The fraction of sp³-hybridized carbons (Fsp3) is 0.316. The lowest BCUT2D eigenvalue weighted by Gasteiger charge is -2.30. The second-order valence-electron chi connectivity index (χ2n) is 6.72. The van der Waals surface area contributed by atoms with Crippen molar-refractivity contribution in [2.45, 2.75) is 12.6 Å². The van der Waals surface area contributed by atoms with Crippen LogP contribution in [-0.2, 0) is 6.54 Å². The molecule has 1 aliphatic heterocycles. The molecule has 2 aromatic heterocycles.